The van der Waals surface area contributed by atoms with Gasteiger partial charge in [0.25, 0.3) is 5.91 Å². The molecule has 0 saturated heterocycles. The van der Waals surface area contributed by atoms with Gasteiger partial charge in [0.1, 0.15) is 0 Å². The Kier molecular flexibility index (Phi) is 5.12. The normalized spacial score (nSPS) is 12.2. The topological polar surface area (TPSA) is 49.3 Å². The largest absolute Gasteiger partial charge is 0.393 e. The molecular formula is C11H14ClNO2S. The molecule has 5 heteroatoms. The first-order chi connectivity index (χ1) is 7.50. The number of aliphatic hydroxyl groups excluding tert-OH is 1. The molecule has 3 nitrogen and oxygen atoms in total. The third kappa shape index (κ3) is 4.04. The van der Waals surface area contributed by atoms with Crippen LogP contribution in [0.4, 0.5) is 0 Å². The van der Waals surface area contributed by atoms with Crippen molar-refractivity contribution in [1.29, 1.82) is 0 Å². The van der Waals surface area contributed by atoms with Crippen LogP contribution in [0.1, 0.15) is 23.7 Å². The third-order valence-electron chi connectivity index (χ3n) is 2.04. The number of carbonyl (C=O) groups is 1. The minimum absolute atomic E-state index is 0.249. The van der Waals surface area contributed by atoms with Gasteiger partial charge in [0.15, 0.2) is 0 Å². The molecule has 2 N–H and O–H groups in total. The minimum Gasteiger partial charge on any atom is -0.393 e. The van der Waals surface area contributed by atoms with Crippen LogP contribution in [-0.4, -0.2) is 23.7 Å². The Morgan fingerprint density at radius 2 is 2.31 bits per heavy atom. The van der Waals surface area contributed by atoms with Gasteiger partial charge in [-0.3, -0.25) is 4.79 Å². The van der Waals surface area contributed by atoms with E-state index < -0.39 is 6.10 Å². The maximum Gasteiger partial charge on any atom is 0.252 e. The molecule has 0 fully saturated rings. The summed E-state index contributed by atoms with van der Waals surface area (Å²) in [7, 11) is 0. The zero-order valence-corrected chi connectivity index (χ0v) is 10.6. The predicted molar refractivity (Wildman–Crippen MR) is 67.3 cm³/mol. The molecule has 0 radical (unpaired) electrons. The van der Waals surface area contributed by atoms with E-state index in [9.17, 15) is 4.79 Å². The van der Waals surface area contributed by atoms with Crippen LogP contribution in [0.25, 0.3) is 0 Å². The standard InChI is InChI=1S/C11H14ClNO2S/c1-7(14)4-5-13-11(15)9-6-8(16)2-3-10(9)12/h2-3,6-7,14,16H,4-5H2,1H3,(H,13,15). The number of carbonyl (C=O) groups excluding carboxylic acids is 1. The lowest BCUT2D eigenvalue weighted by Crippen LogP contribution is -2.26. The van der Waals surface area contributed by atoms with Crippen molar-refractivity contribution in [3.05, 3.63) is 28.8 Å². The van der Waals surface area contributed by atoms with Crippen molar-refractivity contribution in [2.24, 2.45) is 0 Å². The van der Waals surface area contributed by atoms with Crippen LogP contribution < -0.4 is 5.32 Å². The first-order valence-corrected chi connectivity index (χ1v) is 5.78. The van der Waals surface area contributed by atoms with Crippen molar-refractivity contribution in [2.45, 2.75) is 24.3 Å². The van der Waals surface area contributed by atoms with Crippen LogP contribution in [-0.2, 0) is 0 Å². The van der Waals surface area contributed by atoms with Gasteiger partial charge in [-0.05, 0) is 31.5 Å². The average Bonchev–Trinajstić information content (AvgIpc) is 2.21. The molecule has 16 heavy (non-hydrogen) atoms. The Balaban J connectivity index is 2.62. The molecule has 0 aromatic heterocycles. The third-order valence-corrected chi connectivity index (χ3v) is 2.65. The minimum atomic E-state index is -0.424. The first kappa shape index (κ1) is 13.4. The van der Waals surface area contributed by atoms with Crippen LogP contribution in [0.15, 0.2) is 23.1 Å². The summed E-state index contributed by atoms with van der Waals surface area (Å²) >= 11 is 10.0. The van der Waals surface area contributed by atoms with Gasteiger partial charge in [0.05, 0.1) is 16.7 Å². The van der Waals surface area contributed by atoms with Gasteiger partial charge < -0.3 is 10.4 Å². The molecule has 1 rings (SSSR count). The second-order valence-electron chi connectivity index (χ2n) is 3.56. The van der Waals surface area contributed by atoms with Crippen molar-refractivity contribution in [3.63, 3.8) is 0 Å². The molecule has 0 heterocycles. The van der Waals surface area contributed by atoms with Gasteiger partial charge >= 0.3 is 0 Å². The average molecular weight is 260 g/mol. The molecule has 0 saturated carbocycles. The van der Waals surface area contributed by atoms with E-state index in [1.165, 1.54) is 0 Å². The maximum atomic E-state index is 11.7. The fourth-order valence-corrected chi connectivity index (χ4v) is 1.58. The molecule has 88 valence electrons. The lowest BCUT2D eigenvalue weighted by Gasteiger charge is -2.08. The number of rotatable bonds is 4. The maximum absolute atomic E-state index is 11.7. The second-order valence-corrected chi connectivity index (χ2v) is 4.48. The van der Waals surface area contributed by atoms with Crippen LogP contribution >= 0.6 is 24.2 Å². The Morgan fingerprint density at radius 3 is 2.94 bits per heavy atom. The molecule has 0 aliphatic heterocycles. The zero-order valence-electron chi connectivity index (χ0n) is 8.90. The van der Waals surface area contributed by atoms with Crippen LogP contribution in [0, 0.1) is 0 Å². The van der Waals surface area contributed by atoms with E-state index in [0.29, 0.717) is 28.4 Å². The summed E-state index contributed by atoms with van der Waals surface area (Å²) in [4.78, 5) is 12.4. The van der Waals surface area contributed by atoms with Gasteiger partial charge in [-0.2, -0.15) is 0 Å². The summed E-state index contributed by atoms with van der Waals surface area (Å²) in [6, 6.07) is 4.97. The first-order valence-electron chi connectivity index (χ1n) is 4.95. The number of benzene rings is 1. The number of hydrogen-bond donors (Lipinski definition) is 3. The monoisotopic (exact) mass is 259 g/mol. The highest BCUT2D eigenvalue weighted by atomic mass is 35.5. The summed E-state index contributed by atoms with van der Waals surface area (Å²) in [6.07, 6.45) is 0.0937. The molecule has 1 aromatic rings. The van der Waals surface area contributed by atoms with Crippen molar-refractivity contribution in [2.75, 3.05) is 6.54 Å². The van der Waals surface area contributed by atoms with E-state index in [1.54, 1.807) is 25.1 Å². The van der Waals surface area contributed by atoms with E-state index in [2.05, 4.69) is 17.9 Å². The van der Waals surface area contributed by atoms with Crippen LogP contribution in [0.5, 0.6) is 0 Å². The molecule has 0 spiro atoms. The zero-order chi connectivity index (χ0) is 12.1. The molecule has 1 atom stereocenters. The van der Waals surface area contributed by atoms with Gasteiger partial charge in [-0.1, -0.05) is 11.6 Å². The fourth-order valence-electron chi connectivity index (χ4n) is 1.18. The second kappa shape index (κ2) is 6.13. The van der Waals surface area contributed by atoms with Crippen molar-refractivity contribution >= 4 is 30.1 Å². The van der Waals surface area contributed by atoms with E-state index in [-0.39, 0.29) is 5.91 Å². The van der Waals surface area contributed by atoms with E-state index in [1.807, 2.05) is 0 Å². The highest BCUT2D eigenvalue weighted by Crippen LogP contribution is 2.19. The van der Waals surface area contributed by atoms with E-state index in [0.717, 1.165) is 0 Å². The highest BCUT2D eigenvalue weighted by molar-refractivity contribution is 7.80. The van der Waals surface area contributed by atoms with Crippen molar-refractivity contribution in [1.82, 2.24) is 5.32 Å². The molecule has 1 unspecified atom stereocenters. The molecule has 0 aliphatic carbocycles. The highest BCUT2D eigenvalue weighted by Gasteiger charge is 2.10. The lowest BCUT2D eigenvalue weighted by atomic mass is 10.2. The number of thiol groups is 1. The van der Waals surface area contributed by atoms with Crippen molar-refractivity contribution < 1.29 is 9.90 Å². The van der Waals surface area contributed by atoms with Crippen LogP contribution in [0.2, 0.25) is 5.02 Å². The lowest BCUT2D eigenvalue weighted by molar-refractivity contribution is 0.0945. The fraction of sp³-hybridized carbons (Fsp3) is 0.364. The Hall–Kier alpha value is -0.710. The molecule has 1 aromatic carbocycles. The summed E-state index contributed by atoms with van der Waals surface area (Å²) in [5.41, 5.74) is 0.403. The summed E-state index contributed by atoms with van der Waals surface area (Å²) in [5, 5.41) is 12.1. The van der Waals surface area contributed by atoms with E-state index >= 15 is 0 Å². The number of amides is 1. The number of hydrogen-bond acceptors (Lipinski definition) is 3. The predicted octanol–water partition coefficient (Wildman–Crippen LogP) is 2.13. The summed E-state index contributed by atoms with van der Waals surface area (Å²) in [6.45, 7) is 2.09. The van der Waals surface area contributed by atoms with Gasteiger partial charge in [-0.25, -0.2) is 0 Å². The summed E-state index contributed by atoms with van der Waals surface area (Å²) < 4.78 is 0. The van der Waals surface area contributed by atoms with Gasteiger partial charge in [0, 0.05) is 11.4 Å². The van der Waals surface area contributed by atoms with Crippen LogP contribution in [0.3, 0.4) is 0 Å². The SMILES string of the molecule is CC(O)CCNC(=O)c1cc(S)ccc1Cl. The van der Waals surface area contributed by atoms with Gasteiger partial charge in [-0.15, -0.1) is 12.6 Å². The molecular weight excluding hydrogens is 246 g/mol. The number of nitrogens with one attached hydrogen (secondary N) is 1. The van der Waals surface area contributed by atoms with E-state index in [4.69, 9.17) is 16.7 Å². The smallest absolute Gasteiger partial charge is 0.252 e. The summed E-state index contributed by atoms with van der Waals surface area (Å²) in [5.74, 6) is -0.249. The van der Waals surface area contributed by atoms with Crippen molar-refractivity contribution in [3.8, 4) is 0 Å². The number of halogens is 1. The molecule has 1 amide bonds. The van der Waals surface area contributed by atoms with Gasteiger partial charge in [0.2, 0.25) is 0 Å². The Labute approximate surface area is 105 Å². The Bertz CT molecular complexity index is 382. The quantitative estimate of drug-likeness (QED) is 0.726. The Morgan fingerprint density at radius 1 is 1.62 bits per heavy atom. The molecule has 0 aliphatic rings. The number of aliphatic hydroxyl groups is 1. The molecule has 0 bridgehead atoms.